The fraction of sp³-hybridized carbons (Fsp3) is 0.500. The summed E-state index contributed by atoms with van der Waals surface area (Å²) >= 11 is 0. The summed E-state index contributed by atoms with van der Waals surface area (Å²) in [6.07, 6.45) is 1.90. The van der Waals surface area contributed by atoms with E-state index in [9.17, 15) is 10.4 Å². The van der Waals surface area contributed by atoms with Crippen LogP contribution in [0.2, 0.25) is 0 Å². The maximum Gasteiger partial charge on any atom is 0.212 e. The largest absolute Gasteiger partial charge is 0.485 e. The molecule has 0 bridgehead atoms. The van der Waals surface area contributed by atoms with Crippen molar-refractivity contribution in [2.75, 3.05) is 20.1 Å². The third-order valence-electron chi connectivity index (χ3n) is 4.82. The Kier molecular flexibility index (Phi) is 4.28. The highest BCUT2D eigenvalue weighted by atomic mass is 16.5. The zero-order valence-corrected chi connectivity index (χ0v) is 14.6. The Hall–Kier alpha value is -2.77. The summed E-state index contributed by atoms with van der Waals surface area (Å²) in [5.74, 6) is 1.17. The maximum absolute atomic E-state index is 11.0. The maximum atomic E-state index is 11.0. The first-order chi connectivity index (χ1) is 11.9. The standard InChI is InChI=1S/C18H21N5O2/c1-18(2)16(24)15(13-9-12(10-19)5-6-14(13)25-18)23-8-4-7-22(3)17(23)21-11-20/h5-6,9,15-16,24H,4,7-8H2,1-3H3/t15-,16+/m0/s1. The molecule has 7 heteroatoms. The van der Waals surface area contributed by atoms with E-state index in [0.29, 0.717) is 23.8 Å². The van der Waals surface area contributed by atoms with Crippen LogP contribution in [0.4, 0.5) is 0 Å². The summed E-state index contributed by atoms with van der Waals surface area (Å²) in [5, 5.41) is 29.3. The molecule has 2 atom stereocenters. The molecule has 3 rings (SSSR count). The van der Waals surface area contributed by atoms with E-state index in [1.807, 2.05) is 36.9 Å². The molecule has 2 aliphatic rings. The summed E-state index contributed by atoms with van der Waals surface area (Å²) in [5.41, 5.74) is 0.440. The van der Waals surface area contributed by atoms with Gasteiger partial charge in [0.15, 0.2) is 0 Å². The topological polar surface area (TPSA) is 95.9 Å². The first kappa shape index (κ1) is 17.1. The van der Waals surface area contributed by atoms with Crippen LogP contribution in [0.25, 0.3) is 0 Å². The van der Waals surface area contributed by atoms with Crippen molar-refractivity contribution in [3.05, 3.63) is 29.3 Å². The Morgan fingerprint density at radius 1 is 1.32 bits per heavy atom. The van der Waals surface area contributed by atoms with Gasteiger partial charge < -0.3 is 19.6 Å². The Labute approximate surface area is 147 Å². The van der Waals surface area contributed by atoms with Gasteiger partial charge in [-0.15, -0.1) is 4.99 Å². The number of hydrogen-bond donors (Lipinski definition) is 1. The zero-order chi connectivity index (χ0) is 18.2. The first-order valence-corrected chi connectivity index (χ1v) is 8.24. The van der Waals surface area contributed by atoms with E-state index in [1.54, 1.807) is 18.2 Å². The Bertz CT molecular complexity index is 790. The average Bonchev–Trinajstić information content (AvgIpc) is 2.58. The lowest BCUT2D eigenvalue weighted by Crippen LogP contribution is -2.58. The summed E-state index contributed by atoms with van der Waals surface area (Å²) < 4.78 is 5.97. The van der Waals surface area contributed by atoms with E-state index in [2.05, 4.69) is 11.1 Å². The number of benzene rings is 1. The van der Waals surface area contributed by atoms with Gasteiger partial charge >= 0.3 is 0 Å². The second-order valence-corrected chi connectivity index (χ2v) is 6.94. The molecule has 7 nitrogen and oxygen atoms in total. The van der Waals surface area contributed by atoms with Crippen LogP contribution in [0, 0.1) is 22.8 Å². The van der Waals surface area contributed by atoms with Crippen LogP contribution in [0.3, 0.4) is 0 Å². The van der Waals surface area contributed by atoms with Crippen molar-refractivity contribution in [1.82, 2.24) is 9.80 Å². The number of nitriles is 2. The third-order valence-corrected chi connectivity index (χ3v) is 4.82. The second-order valence-electron chi connectivity index (χ2n) is 6.94. The van der Waals surface area contributed by atoms with Crippen LogP contribution in [-0.4, -0.2) is 52.7 Å². The van der Waals surface area contributed by atoms with Crippen molar-refractivity contribution in [2.24, 2.45) is 4.99 Å². The van der Waals surface area contributed by atoms with Gasteiger partial charge in [0.05, 0.1) is 17.7 Å². The van der Waals surface area contributed by atoms with E-state index < -0.39 is 17.7 Å². The molecule has 0 radical (unpaired) electrons. The molecule has 2 aliphatic heterocycles. The summed E-state index contributed by atoms with van der Waals surface area (Å²) in [4.78, 5) is 7.83. The highest BCUT2D eigenvalue weighted by Crippen LogP contribution is 2.44. The predicted molar refractivity (Wildman–Crippen MR) is 91.6 cm³/mol. The van der Waals surface area contributed by atoms with Gasteiger partial charge in [-0.05, 0) is 38.5 Å². The fourth-order valence-corrected chi connectivity index (χ4v) is 3.53. The molecule has 25 heavy (non-hydrogen) atoms. The minimum Gasteiger partial charge on any atom is -0.485 e. The van der Waals surface area contributed by atoms with Crippen LogP contribution >= 0.6 is 0 Å². The highest BCUT2D eigenvalue weighted by molar-refractivity contribution is 5.82. The lowest BCUT2D eigenvalue weighted by Gasteiger charge is -2.49. The van der Waals surface area contributed by atoms with E-state index in [4.69, 9.17) is 10.00 Å². The van der Waals surface area contributed by atoms with Gasteiger partial charge in [0.2, 0.25) is 12.2 Å². The Morgan fingerprint density at radius 3 is 2.76 bits per heavy atom. The predicted octanol–water partition coefficient (Wildman–Crippen LogP) is 1.61. The molecule has 0 unspecified atom stereocenters. The summed E-state index contributed by atoms with van der Waals surface area (Å²) in [7, 11) is 1.88. The highest BCUT2D eigenvalue weighted by Gasteiger charge is 2.47. The monoisotopic (exact) mass is 339 g/mol. The van der Waals surface area contributed by atoms with Crippen molar-refractivity contribution in [2.45, 2.75) is 38.0 Å². The van der Waals surface area contributed by atoms with Crippen molar-refractivity contribution in [3.8, 4) is 18.0 Å². The quantitative estimate of drug-likeness (QED) is 0.781. The van der Waals surface area contributed by atoms with Gasteiger partial charge in [0.1, 0.15) is 17.5 Å². The van der Waals surface area contributed by atoms with Gasteiger partial charge in [0, 0.05) is 25.7 Å². The number of aliphatic imine (C=N–C) groups is 1. The summed E-state index contributed by atoms with van der Waals surface area (Å²) in [6.45, 7) is 5.13. The molecule has 0 spiro atoms. The molecule has 1 N–H and O–H groups in total. The van der Waals surface area contributed by atoms with Crippen molar-refractivity contribution >= 4 is 5.96 Å². The van der Waals surface area contributed by atoms with Gasteiger partial charge in [-0.25, -0.2) is 0 Å². The molecular weight excluding hydrogens is 318 g/mol. The number of aliphatic hydroxyl groups is 1. The number of rotatable bonds is 1. The molecule has 1 fully saturated rings. The third kappa shape index (κ3) is 2.88. The Morgan fingerprint density at radius 2 is 2.08 bits per heavy atom. The SMILES string of the molecule is CN1CCCN([C@H]2c3cc(C#N)ccc3OC(C)(C)[C@@H]2O)C1=NC#N. The second kappa shape index (κ2) is 6.27. The molecule has 0 aromatic heterocycles. The van der Waals surface area contributed by atoms with Crippen molar-refractivity contribution in [1.29, 1.82) is 10.5 Å². The number of ether oxygens (including phenoxy) is 1. The van der Waals surface area contributed by atoms with Crippen molar-refractivity contribution < 1.29 is 9.84 Å². The Balaban J connectivity index is 2.15. The molecule has 0 aliphatic carbocycles. The fourth-order valence-electron chi connectivity index (χ4n) is 3.53. The average molecular weight is 339 g/mol. The normalized spacial score (nSPS) is 26.4. The van der Waals surface area contributed by atoms with Gasteiger partial charge in [-0.1, -0.05) is 0 Å². The van der Waals surface area contributed by atoms with Crippen LogP contribution < -0.4 is 4.74 Å². The molecule has 0 amide bonds. The number of hydrogen-bond acceptors (Lipinski definition) is 5. The molecule has 130 valence electrons. The van der Waals surface area contributed by atoms with Crippen LogP contribution in [0.1, 0.15) is 37.4 Å². The number of guanidine groups is 1. The first-order valence-electron chi connectivity index (χ1n) is 8.24. The molecular formula is C18H21N5O2. The van der Waals surface area contributed by atoms with E-state index >= 15 is 0 Å². The lowest BCUT2D eigenvalue weighted by atomic mass is 9.84. The number of fused-ring (bicyclic) bond motifs is 1. The van der Waals surface area contributed by atoms with Gasteiger partial charge in [-0.3, -0.25) is 0 Å². The molecule has 0 saturated carbocycles. The van der Waals surface area contributed by atoms with E-state index in [0.717, 1.165) is 18.5 Å². The zero-order valence-electron chi connectivity index (χ0n) is 14.6. The molecule has 1 aromatic carbocycles. The number of aliphatic hydroxyl groups excluding tert-OH is 1. The number of nitrogens with zero attached hydrogens (tertiary/aromatic N) is 5. The smallest absolute Gasteiger partial charge is 0.212 e. The van der Waals surface area contributed by atoms with Gasteiger partial charge in [-0.2, -0.15) is 10.5 Å². The van der Waals surface area contributed by atoms with E-state index in [-0.39, 0.29) is 0 Å². The van der Waals surface area contributed by atoms with Crippen LogP contribution in [0.15, 0.2) is 23.2 Å². The minimum absolute atomic E-state index is 0.443. The molecule has 2 heterocycles. The molecule has 1 aromatic rings. The van der Waals surface area contributed by atoms with E-state index in [1.165, 1.54) is 0 Å². The van der Waals surface area contributed by atoms with Crippen LogP contribution in [0.5, 0.6) is 5.75 Å². The minimum atomic E-state index is -0.843. The summed E-state index contributed by atoms with van der Waals surface area (Å²) in [6, 6.07) is 6.91. The van der Waals surface area contributed by atoms with Crippen LogP contribution in [-0.2, 0) is 0 Å². The van der Waals surface area contributed by atoms with Crippen molar-refractivity contribution in [3.63, 3.8) is 0 Å². The van der Waals surface area contributed by atoms with Gasteiger partial charge in [0.25, 0.3) is 0 Å². The molecule has 1 saturated heterocycles. The lowest BCUT2D eigenvalue weighted by molar-refractivity contribution is -0.0846.